The molecule has 1 aliphatic rings. The molecular formula is C20H24N4O4. The summed E-state index contributed by atoms with van der Waals surface area (Å²) in [4.78, 5) is 33.6. The van der Waals surface area contributed by atoms with Gasteiger partial charge in [-0.05, 0) is 37.8 Å². The van der Waals surface area contributed by atoms with Crippen LogP contribution < -0.4 is 10.8 Å². The Morgan fingerprint density at radius 3 is 2.64 bits per heavy atom. The Labute approximate surface area is 163 Å². The lowest BCUT2D eigenvalue weighted by molar-refractivity contribution is 0.0589. The van der Waals surface area contributed by atoms with E-state index in [1.54, 1.807) is 19.2 Å². The molecule has 0 saturated carbocycles. The van der Waals surface area contributed by atoms with E-state index >= 15 is 0 Å². The molecule has 148 valence electrons. The van der Waals surface area contributed by atoms with Gasteiger partial charge in [0.15, 0.2) is 11.2 Å². The Bertz CT molecular complexity index is 922. The van der Waals surface area contributed by atoms with Crippen molar-refractivity contribution in [3.05, 3.63) is 52.9 Å². The Morgan fingerprint density at radius 2 is 1.93 bits per heavy atom. The van der Waals surface area contributed by atoms with Gasteiger partial charge in [-0.1, -0.05) is 18.2 Å². The first-order chi connectivity index (χ1) is 13.6. The fraction of sp³-hybridized carbons (Fsp3) is 0.400. The normalized spacial score (nSPS) is 13.7. The Balaban J connectivity index is 2.12. The van der Waals surface area contributed by atoms with Crippen molar-refractivity contribution >= 4 is 17.7 Å². The van der Waals surface area contributed by atoms with Crippen LogP contribution in [0.2, 0.25) is 0 Å². The number of hydrogen-bond donors (Lipinski definition) is 1. The van der Waals surface area contributed by atoms with Crippen LogP contribution in [0, 0.1) is 0 Å². The van der Waals surface area contributed by atoms with Crippen LogP contribution in [0.4, 0.5) is 10.5 Å². The molecule has 28 heavy (non-hydrogen) atoms. The third kappa shape index (κ3) is 4.45. The number of aryl methyl sites for hydroxylation is 1. The number of anilines is 1. The quantitative estimate of drug-likeness (QED) is 0.799. The smallest absolute Gasteiger partial charge is 0.360 e. The largest absolute Gasteiger partial charge is 0.464 e. The van der Waals surface area contributed by atoms with Gasteiger partial charge in [-0.25, -0.2) is 14.6 Å². The highest BCUT2D eigenvalue weighted by atomic mass is 16.5. The number of amides is 2. The maximum atomic E-state index is 12.5. The average Bonchev–Trinajstić information content (AvgIpc) is 2.72. The number of hydrogen-bond acceptors (Lipinski definition) is 5. The summed E-state index contributed by atoms with van der Waals surface area (Å²) in [7, 11) is 2.89. The number of fused-ring (bicyclic) bond motifs is 1. The molecule has 3 rings (SSSR count). The Morgan fingerprint density at radius 1 is 1.18 bits per heavy atom. The molecule has 0 spiro atoms. The molecule has 0 unspecified atom stereocenters. The molecule has 0 bridgehead atoms. The number of esters is 1. The second-order valence-electron chi connectivity index (χ2n) is 6.43. The minimum absolute atomic E-state index is 0.0439. The van der Waals surface area contributed by atoms with Crippen LogP contribution >= 0.6 is 0 Å². The van der Waals surface area contributed by atoms with E-state index in [1.807, 2.05) is 22.8 Å². The number of rotatable bonds is 5. The molecule has 1 heterocycles. The lowest BCUT2D eigenvalue weighted by Gasteiger charge is -2.22. The lowest BCUT2D eigenvalue weighted by Crippen LogP contribution is -2.37. The second kappa shape index (κ2) is 9.27. The summed E-state index contributed by atoms with van der Waals surface area (Å²) in [5.74, 6) is -0.620. The van der Waals surface area contributed by atoms with E-state index in [2.05, 4.69) is 15.3 Å². The van der Waals surface area contributed by atoms with Crippen LogP contribution in [-0.2, 0) is 28.9 Å². The number of carbonyl (C=O) groups is 2. The number of para-hydroxylation sites is 1. The van der Waals surface area contributed by atoms with Crippen molar-refractivity contribution in [1.29, 1.82) is 0 Å². The molecule has 8 nitrogen and oxygen atoms in total. The number of methoxy groups -OCH3 is 2. The molecule has 8 heteroatoms. The number of benzene rings is 1. The van der Waals surface area contributed by atoms with Crippen molar-refractivity contribution in [1.82, 2.24) is 9.55 Å². The molecular weight excluding hydrogens is 360 g/mol. The third-order valence-corrected chi connectivity index (χ3v) is 4.58. The maximum Gasteiger partial charge on any atom is 0.360 e. The van der Waals surface area contributed by atoms with E-state index in [9.17, 15) is 9.59 Å². The number of ether oxygens (including phenoxy) is 2. The minimum Gasteiger partial charge on any atom is -0.464 e. The van der Waals surface area contributed by atoms with Gasteiger partial charge in [-0.3, -0.25) is 0 Å². The summed E-state index contributed by atoms with van der Waals surface area (Å²) < 4.78 is 12.0. The zero-order valence-corrected chi connectivity index (χ0v) is 16.1. The second-order valence-corrected chi connectivity index (χ2v) is 6.43. The molecule has 1 aromatic heterocycles. The van der Waals surface area contributed by atoms with E-state index in [-0.39, 0.29) is 11.2 Å². The van der Waals surface area contributed by atoms with Crippen molar-refractivity contribution in [2.24, 2.45) is 4.99 Å². The Kier molecular flexibility index (Phi) is 6.54. The van der Waals surface area contributed by atoms with E-state index in [1.165, 1.54) is 7.11 Å². The molecule has 0 fully saturated rings. The van der Waals surface area contributed by atoms with E-state index in [4.69, 9.17) is 9.47 Å². The van der Waals surface area contributed by atoms with E-state index < -0.39 is 12.0 Å². The van der Waals surface area contributed by atoms with Crippen LogP contribution in [0.3, 0.4) is 0 Å². The van der Waals surface area contributed by atoms with Gasteiger partial charge in [0.05, 0.1) is 19.4 Å². The summed E-state index contributed by atoms with van der Waals surface area (Å²) in [6.45, 7) is 0.882. The number of nitrogens with zero attached hydrogens (tertiary/aromatic N) is 3. The molecule has 2 aromatic rings. The topological polar surface area (TPSA) is 94.8 Å². The first-order valence-corrected chi connectivity index (χ1v) is 9.24. The van der Waals surface area contributed by atoms with Crippen molar-refractivity contribution in [2.75, 3.05) is 26.1 Å². The summed E-state index contributed by atoms with van der Waals surface area (Å²) in [5.41, 5.74) is 2.69. The van der Waals surface area contributed by atoms with Crippen LogP contribution in [0.5, 0.6) is 0 Å². The number of nitrogens with one attached hydrogen (secondary N) is 1. The number of carbonyl (C=O) groups excluding carboxylic acids is 2. The highest BCUT2D eigenvalue weighted by Crippen LogP contribution is 2.19. The third-order valence-electron chi connectivity index (χ3n) is 4.58. The lowest BCUT2D eigenvalue weighted by atomic mass is 9.99. The molecule has 0 radical (unpaired) electrons. The van der Waals surface area contributed by atoms with Gasteiger partial charge in [0.2, 0.25) is 0 Å². The van der Waals surface area contributed by atoms with Gasteiger partial charge in [-0.15, -0.1) is 0 Å². The highest BCUT2D eigenvalue weighted by Gasteiger charge is 2.23. The van der Waals surface area contributed by atoms with Gasteiger partial charge >= 0.3 is 12.0 Å². The zero-order valence-electron chi connectivity index (χ0n) is 16.1. The molecule has 2 amide bonds. The highest BCUT2D eigenvalue weighted by molar-refractivity contribution is 5.91. The summed E-state index contributed by atoms with van der Waals surface area (Å²) in [5, 5.41) is 2.71. The predicted molar refractivity (Wildman–Crippen MR) is 103 cm³/mol. The van der Waals surface area contributed by atoms with Gasteiger partial charge < -0.3 is 19.4 Å². The number of urea groups is 1. The van der Waals surface area contributed by atoms with Gasteiger partial charge in [-0.2, -0.15) is 4.99 Å². The van der Waals surface area contributed by atoms with E-state index in [0.29, 0.717) is 18.8 Å². The molecule has 0 saturated heterocycles. The minimum atomic E-state index is -0.620. The Hall–Kier alpha value is -3.00. The standard InChI is InChI=1S/C20H24N4O4/c1-27-13-12-24-16-11-7-6-10-15(16)22-17(19(25)28-2)18(24)23-20(26)21-14-8-4-3-5-9-14/h3-5,8-9H,6-7,10-13H2,1-2H3,(H,21,26)/b23-18+. The van der Waals surface area contributed by atoms with Crippen molar-refractivity contribution in [3.63, 3.8) is 0 Å². The van der Waals surface area contributed by atoms with Crippen molar-refractivity contribution in [2.45, 2.75) is 32.2 Å². The molecule has 1 aromatic carbocycles. The van der Waals surface area contributed by atoms with Gasteiger partial charge in [0.25, 0.3) is 0 Å². The maximum absolute atomic E-state index is 12.5. The van der Waals surface area contributed by atoms with Crippen LogP contribution in [0.15, 0.2) is 35.3 Å². The zero-order chi connectivity index (χ0) is 19.9. The van der Waals surface area contributed by atoms with Gasteiger partial charge in [0.1, 0.15) is 0 Å². The summed E-state index contributed by atoms with van der Waals surface area (Å²) in [6.07, 6.45) is 3.63. The molecule has 1 N–H and O–H groups in total. The van der Waals surface area contributed by atoms with Gasteiger partial charge in [0, 0.05) is 25.0 Å². The average molecular weight is 384 g/mol. The van der Waals surface area contributed by atoms with Crippen molar-refractivity contribution < 1.29 is 19.1 Å². The first-order valence-electron chi connectivity index (χ1n) is 9.24. The van der Waals surface area contributed by atoms with Crippen LogP contribution in [0.1, 0.15) is 34.7 Å². The van der Waals surface area contributed by atoms with E-state index in [0.717, 1.165) is 37.1 Å². The molecule has 0 atom stereocenters. The molecule has 0 aliphatic heterocycles. The fourth-order valence-electron chi connectivity index (χ4n) is 3.26. The summed E-state index contributed by atoms with van der Waals surface area (Å²) >= 11 is 0. The first kappa shape index (κ1) is 19.8. The van der Waals surface area contributed by atoms with Crippen LogP contribution in [-0.4, -0.2) is 42.4 Å². The number of aromatic nitrogens is 2. The SMILES string of the molecule is COCCn1c2c(nc(C(=O)OC)/c1=N\C(=O)Nc1ccccc1)CCCC2. The summed E-state index contributed by atoms with van der Waals surface area (Å²) in [6, 6.07) is 8.43. The monoisotopic (exact) mass is 384 g/mol. The molecule has 1 aliphatic carbocycles. The van der Waals surface area contributed by atoms with Crippen molar-refractivity contribution in [3.8, 4) is 0 Å². The predicted octanol–water partition coefficient (Wildman–Crippen LogP) is 2.33. The van der Waals surface area contributed by atoms with Crippen LogP contribution in [0.25, 0.3) is 0 Å². The fourth-order valence-corrected chi connectivity index (χ4v) is 3.26.